The van der Waals surface area contributed by atoms with E-state index in [2.05, 4.69) is 5.32 Å². The lowest BCUT2D eigenvalue weighted by atomic mass is 9.98. The summed E-state index contributed by atoms with van der Waals surface area (Å²) in [6.45, 7) is 0.708. The topological polar surface area (TPSA) is 55.7 Å². The third-order valence-electron chi connectivity index (χ3n) is 3.48. The van der Waals surface area contributed by atoms with Gasteiger partial charge in [-0.25, -0.2) is 8.78 Å². The Kier molecular flexibility index (Phi) is 7.11. The fraction of sp³-hybridized carbons (Fsp3) is 0.538. The number of rotatable bonds is 4. The van der Waals surface area contributed by atoms with Crippen LogP contribution in [0, 0.1) is 0 Å². The van der Waals surface area contributed by atoms with Crippen molar-refractivity contribution in [1.29, 1.82) is 0 Å². The highest BCUT2D eigenvalue weighted by molar-refractivity contribution is 6.37. The van der Waals surface area contributed by atoms with Gasteiger partial charge in [0.1, 0.15) is 12.6 Å². The van der Waals surface area contributed by atoms with Crippen molar-refractivity contribution in [3.63, 3.8) is 0 Å². The average Bonchev–Trinajstić information content (AvgIpc) is 2.46. The number of phenolic OH excluding ortho intramolecular Hbond substituents is 1. The largest absolute Gasteiger partial charge is 0.505 e. The Labute approximate surface area is 143 Å². The number of hydrogen-bond acceptors (Lipinski definition) is 4. The maximum Gasteiger partial charge on any atom is 0.289 e. The number of aliphatic hydroxyl groups excluding tert-OH is 1. The molecule has 1 aliphatic rings. The Morgan fingerprint density at radius 1 is 1.23 bits per heavy atom. The first-order valence-electron chi connectivity index (χ1n) is 6.48. The smallest absolute Gasteiger partial charge is 0.289 e. The minimum Gasteiger partial charge on any atom is -0.505 e. The summed E-state index contributed by atoms with van der Waals surface area (Å²) in [5, 5.41) is 21.5. The van der Waals surface area contributed by atoms with Crippen LogP contribution in [-0.2, 0) is 0 Å². The van der Waals surface area contributed by atoms with Crippen LogP contribution in [0.2, 0.25) is 10.0 Å². The summed E-state index contributed by atoms with van der Waals surface area (Å²) in [5.74, 6) is -3.69. The predicted octanol–water partition coefficient (Wildman–Crippen LogP) is 2.69. The van der Waals surface area contributed by atoms with Crippen molar-refractivity contribution >= 4 is 35.6 Å². The number of hydrogen-bond donors (Lipinski definition) is 3. The summed E-state index contributed by atoms with van der Waals surface area (Å²) in [4.78, 5) is 1.58. The lowest BCUT2D eigenvalue weighted by Gasteiger charge is -2.38. The number of alkyl halides is 2. The van der Waals surface area contributed by atoms with Crippen LogP contribution < -0.4 is 5.32 Å². The second-order valence-corrected chi connectivity index (χ2v) is 5.76. The summed E-state index contributed by atoms with van der Waals surface area (Å²) in [5.41, 5.74) is 0.170. The molecule has 4 nitrogen and oxygen atoms in total. The molecule has 2 rings (SSSR count). The van der Waals surface area contributed by atoms with E-state index in [1.54, 1.807) is 4.90 Å². The molecule has 0 aromatic heterocycles. The molecule has 1 heterocycles. The molecule has 1 fully saturated rings. The van der Waals surface area contributed by atoms with Gasteiger partial charge in [0.25, 0.3) is 5.92 Å². The third-order valence-corrected chi connectivity index (χ3v) is 4.06. The van der Waals surface area contributed by atoms with Crippen LogP contribution in [0.3, 0.4) is 0 Å². The first kappa shape index (κ1) is 19.7. The molecular weight excluding hydrogens is 361 g/mol. The van der Waals surface area contributed by atoms with Gasteiger partial charge in [-0.2, -0.15) is 0 Å². The molecule has 1 aromatic rings. The van der Waals surface area contributed by atoms with E-state index in [0.717, 1.165) is 0 Å². The number of benzene rings is 1. The van der Waals surface area contributed by atoms with Gasteiger partial charge in [-0.1, -0.05) is 23.2 Å². The van der Waals surface area contributed by atoms with Gasteiger partial charge in [0.15, 0.2) is 5.75 Å². The minimum atomic E-state index is -3.35. The molecule has 9 heteroatoms. The van der Waals surface area contributed by atoms with Crippen LogP contribution in [0.4, 0.5) is 8.78 Å². The molecule has 0 saturated carbocycles. The number of halogens is 5. The van der Waals surface area contributed by atoms with Gasteiger partial charge >= 0.3 is 0 Å². The average molecular weight is 378 g/mol. The summed E-state index contributed by atoms with van der Waals surface area (Å²) >= 11 is 11.6. The molecule has 0 aliphatic carbocycles. The Morgan fingerprint density at radius 2 is 1.73 bits per heavy atom. The number of phenols is 1. The fourth-order valence-corrected chi connectivity index (χ4v) is 3.00. The second kappa shape index (κ2) is 7.95. The van der Waals surface area contributed by atoms with Crippen molar-refractivity contribution in [3.8, 4) is 5.75 Å². The van der Waals surface area contributed by atoms with Crippen LogP contribution in [0.5, 0.6) is 5.75 Å². The highest BCUT2D eigenvalue weighted by Crippen LogP contribution is 2.41. The maximum atomic E-state index is 14.2. The van der Waals surface area contributed by atoms with Crippen LogP contribution >= 0.6 is 35.6 Å². The van der Waals surface area contributed by atoms with Crippen molar-refractivity contribution in [2.75, 3.05) is 32.8 Å². The molecule has 0 radical (unpaired) electrons. The lowest BCUT2D eigenvalue weighted by Crippen LogP contribution is -2.51. The van der Waals surface area contributed by atoms with E-state index in [1.807, 2.05) is 0 Å². The zero-order chi connectivity index (χ0) is 15.6. The molecule has 0 spiro atoms. The van der Waals surface area contributed by atoms with Crippen molar-refractivity contribution in [1.82, 2.24) is 10.2 Å². The predicted molar refractivity (Wildman–Crippen MR) is 84.6 cm³/mol. The Hall–Kier alpha value is -0.370. The molecule has 1 aromatic carbocycles. The normalized spacial score (nSPS) is 17.9. The van der Waals surface area contributed by atoms with E-state index in [-0.39, 0.29) is 33.8 Å². The van der Waals surface area contributed by atoms with Crippen LogP contribution in [0.1, 0.15) is 11.6 Å². The summed E-state index contributed by atoms with van der Waals surface area (Å²) in [6, 6.07) is 1.18. The van der Waals surface area contributed by atoms with Gasteiger partial charge in [-0.05, 0) is 17.7 Å². The quantitative estimate of drug-likeness (QED) is 0.755. The molecule has 1 saturated heterocycles. The van der Waals surface area contributed by atoms with Crippen LogP contribution in [0.25, 0.3) is 0 Å². The standard InChI is InChI=1S/C13H16Cl2F2N2O2.ClH/c14-9-5-8(6-10(15)11(9)21)12(13(16,17)7-20)19-3-1-18-2-4-19;/h5-6,12,18,20-21H,1-4,7H2;1H/t12-;/m1./s1. The number of piperazine rings is 1. The molecule has 1 atom stereocenters. The molecule has 126 valence electrons. The zero-order valence-electron chi connectivity index (χ0n) is 11.5. The second-order valence-electron chi connectivity index (χ2n) is 4.94. The van der Waals surface area contributed by atoms with Crippen molar-refractivity contribution in [2.45, 2.75) is 12.0 Å². The number of aliphatic hydroxyl groups is 1. The summed E-state index contributed by atoms with van der Waals surface area (Å²) < 4.78 is 28.4. The van der Waals surface area contributed by atoms with E-state index < -0.39 is 18.6 Å². The van der Waals surface area contributed by atoms with E-state index in [1.165, 1.54) is 12.1 Å². The number of aromatic hydroxyl groups is 1. The van der Waals surface area contributed by atoms with Gasteiger partial charge in [-0.15, -0.1) is 12.4 Å². The molecule has 1 aliphatic heterocycles. The fourth-order valence-electron chi connectivity index (χ4n) is 2.49. The van der Waals surface area contributed by atoms with E-state index in [4.69, 9.17) is 28.3 Å². The summed E-state index contributed by atoms with van der Waals surface area (Å²) in [7, 11) is 0. The highest BCUT2D eigenvalue weighted by atomic mass is 35.5. The molecular formula is C13H17Cl3F2N2O2. The number of nitrogens with one attached hydrogen (secondary N) is 1. The van der Waals surface area contributed by atoms with E-state index in [0.29, 0.717) is 26.2 Å². The van der Waals surface area contributed by atoms with Gasteiger partial charge in [0, 0.05) is 26.2 Å². The lowest BCUT2D eigenvalue weighted by molar-refractivity contribution is -0.118. The molecule has 0 amide bonds. The van der Waals surface area contributed by atoms with Gasteiger partial charge in [-0.3, -0.25) is 4.90 Å². The van der Waals surface area contributed by atoms with Crippen molar-refractivity contribution in [2.24, 2.45) is 0 Å². The highest BCUT2D eigenvalue weighted by Gasteiger charge is 2.44. The monoisotopic (exact) mass is 376 g/mol. The Bertz CT molecular complexity index is 491. The summed E-state index contributed by atoms with van der Waals surface area (Å²) in [6.07, 6.45) is 0. The maximum absolute atomic E-state index is 14.2. The molecule has 3 N–H and O–H groups in total. The first-order valence-corrected chi connectivity index (χ1v) is 7.24. The molecule has 0 bridgehead atoms. The van der Waals surface area contributed by atoms with E-state index in [9.17, 15) is 13.9 Å². The van der Waals surface area contributed by atoms with E-state index >= 15 is 0 Å². The molecule has 0 unspecified atom stereocenters. The van der Waals surface area contributed by atoms with Crippen LogP contribution in [-0.4, -0.2) is 53.8 Å². The molecule has 22 heavy (non-hydrogen) atoms. The zero-order valence-corrected chi connectivity index (χ0v) is 13.9. The Balaban J connectivity index is 0.00000242. The van der Waals surface area contributed by atoms with Crippen molar-refractivity contribution < 1.29 is 19.0 Å². The van der Waals surface area contributed by atoms with Gasteiger partial charge in [0.05, 0.1) is 10.0 Å². The van der Waals surface area contributed by atoms with Gasteiger partial charge in [0.2, 0.25) is 0 Å². The Morgan fingerprint density at radius 3 is 2.18 bits per heavy atom. The third kappa shape index (κ3) is 4.13. The number of nitrogens with zero attached hydrogens (tertiary/aromatic N) is 1. The van der Waals surface area contributed by atoms with Gasteiger partial charge < -0.3 is 15.5 Å². The van der Waals surface area contributed by atoms with Crippen molar-refractivity contribution in [3.05, 3.63) is 27.7 Å². The first-order chi connectivity index (χ1) is 9.86. The SMILES string of the molecule is Cl.OCC(F)(F)[C@@H](c1cc(Cl)c(O)c(Cl)c1)N1CCNCC1. The minimum absolute atomic E-state index is 0. The van der Waals surface area contributed by atoms with Crippen LogP contribution in [0.15, 0.2) is 12.1 Å².